The van der Waals surface area contributed by atoms with E-state index < -0.39 is 5.54 Å². The number of aromatic nitrogens is 1. The van der Waals surface area contributed by atoms with E-state index in [0.29, 0.717) is 0 Å². The Morgan fingerprint density at radius 1 is 1.45 bits per heavy atom. The first-order valence-corrected chi connectivity index (χ1v) is 8.18. The Morgan fingerprint density at radius 2 is 2.15 bits per heavy atom. The summed E-state index contributed by atoms with van der Waals surface area (Å²) in [5.41, 5.74) is -0.435. The zero-order valence-electron chi connectivity index (χ0n) is 12.5. The third-order valence-electron chi connectivity index (χ3n) is 3.83. The average molecular weight is 296 g/mol. The minimum atomic E-state index is -0.435. The van der Waals surface area contributed by atoms with Crippen molar-refractivity contribution in [1.29, 1.82) is 0 Å². The zero-order chi connectivity index (χ0) is 14.6. The predicted molar refractivity (Wildman–Crippen MR) is 80.7 cm³/mol. The van der Waals surface area contributed by atoms with Crippen molar-refractivity contribution < 1.29 is 9.53 Å². The molecule has 1 saturated carbocycles. The Hall–Kier alpha value is -0.940. The Kier molecular flexibility index (Phi) is 5.16. The van der Waals surface area contributed by atoms with Crippen molar-refractivity contribution in [2.24, 2.45) is 5.92 Å². The molecule has 112 valence electrons. The first kappa shape index (κ1) is 15.4. The average Bonchev–Trinajstić information content (AvgIpc) is 2.92. The van der Waals surface area contributed by atoms with Gasteiger partial charge in [0.15, 0.2) is 0 Å². The van der Waals surface area contributed by atoms with Gasteiger partial charge in [-0.3, -0.25) is 4.79 Å². The number of nitrogens with one attached hydrogen (secondary N) is 1. The summed E-state index contributed by atoms with van der Waals surface area (Å²) in [5, 5.41) is 5.82. The van der Waals surface area contributed by atoms with E-state index in [-0.39, 0.29) is 18.6 Å². The number of thiazole rings is 1. The summed E-state index contributed by atoms with van der Waals surface area (Å²) in [6.45, 7) is 6.35. The second-order valence-electron chi connectivity index (χ2n) is 6.20. The Bertz CT molecular complexity index is 423. The van der Waals surface area contributed by atoms with Crippen molar-refractivity contribution in [2.45, 2.75) is 58.1 Å². The molecular weight excluding hydrogens is 272 g/mol. The maximum absolute atomic E-state index is 12.0. The van der Waals surface area contributed by atoms with Crippen molar-refractivity contribution in [3.05, 3.63) is 16.6 Å². The molecule has 0 aromatic carbocycles. The highest BCUT2D eigenvalue weighted by molar-refractivity contribution is 7.09. The van der Waals surface area contributed by atoms with Gasteiger partial charge in [0, 0.05) is 11.6 Å². The van der Waals surface area contributed by atoms with Crippen LogP contribution in [-0.2, 0) is 15.1 Å². The van der Waals surface area contributed by atoms with Crippen LogP contribution < -0.4 is 5.32 Å². The molecule has 1 aliphatic carbocycles. The molecule has 1 fully saturated rings. The summed E-state index contributed by atoms with van der Waals surface area (Å²) < 4.78 is 5.73. The lowest BCUT2D eigenvalue weighted by atomic mass is 9.89. The third-order valence-corrected chi connectivity index (χ3v) is 4.93. The maximum Gasteiger partial charge on any atom is 0.246 e. The van der Waals surface area contributed by atoms with Gasteiger partial charge >= 0.3 is 0 Å². The SMILES string of the molecule is CC1CCC(OCC(=O)NC(C)(C)c2nccs2)CC1. The van der Waals surface area contributed by atoms with Crippen LogP contribution in [0.2, 0.25) is 0 Å². The number of carbonyl (C=O) groups is 1. The molecule has 20 heavy (non-hydrogen) atoms. The molecule has 1 N–H and O–H groups in total. The van der Waals surface area contributed by atoms with Gasteiger partial charge in [0.2, 0.25) is 5.91 Å². The van der Waals surface area contributed by atoms with Crippen LogP contribution in [0.15, 0.2) is 11.6 Å². The lowest BCUT2D eigenvalue weighted by Gasteiger charge is -2.27. The van der Waals surface area contributed by atoms with Crippen molar-refractivity contribution in [1.82, 2.24) is 10.3 Å². The van der Waals surface area contributed by atoms with Gasteiger partial charge in [-0.05, 0) is 45.4 Å². The molecule has 1 heterocycles. The minimum Gasteiger partial charge on any atom is -0.368 e. The molecule has 1 amide bonds. The van der Waals surface area contributed by atoms with E-state index in [1.807, 2.05) is 19.2 Å². The van der Waals surface area contributed by atoms with Crippen molar-refractivity contribution in [3.8, 4) is 0 Å². The highest BCUT2D eigenvalue weighted by atomic mass is 32.1. The molecule has 1 aromatic heterocycles. The first-order chi connectivity index (χ1) is 9.47. The Labute approximate surface area is 124 Å². The molecule has 0 unspecified atom stereocenters. The van der Waals surface area contributed by atoms with Gasteiger partial charge in [-0.2, -0.15) is 0 Å². The van der Waals surface area contributed by atoms with Gasteiger partial charge in [-0.15, -0.1) is 11.3 Å². The molecule has 5 heteroatoms. The fourth-order valence-electron chi connectivity index (χ4n) is 2.56. The summed E-state index contributed by atoms with van der Waals surface area (Å²) in [6.07, 6.45) is 6.57. The number of rotatable bonds is 5. The molecule has 0 spiro atoms. The first-order valence-electron chi connectivity index (χ1n) is 7.30. The van der Waals surface area contributed by atoms with Crippen molar-refractivity contribution in [2.75, 3.05) is 6.61 Å². The molecule has 0 radical (unpaired) electrons. The molecule has 2 rings (SSSR count). The summed E-state index contributed by atoms with van der Waals surface area (Å²) in [4.78, 5) is 16.3. The normalized spacial score (nSPS) is 23.6. The van der Waals surface area contributed by atoms with Crippen molar-refractivity contribution in [3.63, 3.8) is 0 Å². The van der Waals surface area contributed by atoms with Gasteiger partial charge in [0.25, 0.3) is 0 Å². The number of ether oxygens (including phenoxy) is 1. The molecule has 1 aliphatic rings. The molecule has 0 atom stereocenters. The fourth-order valence-corrected chi connectivity index (χ4v) is 3.28. The largest absolute Gasteiger partial charge is 0.368 e. The number of hydrogen-bond donors (Lipinski definition) is 1. The number of amides is 1. The number of nitrogens with zero attached hydrogens (tertiary/aromatic N) is 1. The van der Waals surface area contributed by atoms with Crippen LogP contribution >= 0.6 is 11.3 Å². The molecule has 0 aliphatic heterocycles. The van der Waals surface area contributed by atoms with Crippen molar-refractivity contribution >= 4 is 17.2 Å². The molecular formula is C15H24N2O2S. The fraction of sp³-hybridized carbons (Fsp3) is 0.733. The van der Waals surface area contributed by atoms with E-state index in [4.69, 9.17) is 4.74 Å². The lowest BCUT2D eigenvalue weighted by Crippen LogP contribution is -2.43. The van der Waals surface area contributed by atoms with Crippen LogP contribution in [0.5, 0.6) is 0 Å². The van der Waals surface area contributed by atoms with Crippen LogP contribution in [0.1, 0.15) is 51.5 Å². The van der Waals surface area contributed by atoms with E-state index in [9.17, 15) is 4.79 Å². The van der Waals surface area contributed by atoms with E-state index in [1.165, 1.54) is 12.8 Å². The Morgan fingerprint density at radius 3 is 2.75 bits per heavy atom. The van der Waals surface area contributed by atoms with E-state index >= 15 is 0 Å². The van der Waals surface area contributed by atoms with Crippen LogP contribution in [-0.4, -0.2) is 23.6 Å². The van der Waals surface area contributed by atoms with Gasteiger partial charge in [-0.25, -0.2) is 4.98 Å². The standard InChI is InChI=1S/C15H24N2O2S/c1-11-4-6-12(7-5-11)19-10-13(18)17-15(2,3)14-16-8-9-20-14/h8-9,11-12H,4-7,10H2,1-3H3,(H,17,18). The van der Waals surface area contributed by atoms with Crippen LogP contribution in [0.4, 0.5) is 0 Å². The minimum absolute atomic E-state index is 0.0659. The van der Waals surface area contributed by atoms with Crippen LogP contribution in [0, 0.1) is 5.92 Å². The smallest absolute Gasteiger partial charge is 0.246 e. The lowest BCUT2D eigenvalue weighted by molar-refractivity contribution is -0.130. The second kappa shape index (κ2) is 6.68. The summed E-state index contributed by atoms with van der Waals surface area (Å²) in [6, 6.07) is 0. The molecule has 0 bridgehead atoms. The van der Waals surface area contributed by atoms with Gasteiger partial charge in [0.1, 0.15) is 11.6 Å². The second-order valence-corrected chi connectivity index (χ2v) is 7.10. The van der Waals surface area contributed by atoms with Crippen LogP contribution in [0.25, 0.3) is 0 Å². The summed E-state index contributed by atoms with van der Waals surface area (Å²) in [5.74, 6) is 0.733. The molecule has 0 saturated heterocycles. The molecule has 1 aromatic rings. The van der Waals surface area contributed by atoms with E-state index in [0.717, 1.165) is 23.8 Å². The summed E-state index contributed by atoms with van der Waals surface area (Å²) in [7, 11) is 0. The number of carbonyl (C=O) groups excluding carboxylic acids is 1. The highest BCUT2D eigenvalue weighted by Gasteiger charge is 2.26. The maximum atomic E-state index is 12.0. The number of hydrogen-bond acceptors (Lipinski definition) is 4. The Balaban J connectivity index is 1.75. The van der Waals surface area contributed by atoms with E-state index in [2.05, 4.69) is 17.2 Å². The predicted octanol–water partition coefficient (Wildman–Crippen LogP) is 3.09. The third kappa shape index (κ3) is 4.28. The molecule has 4 nitrogen and oxygen atoms in total. The van der Waals surface area contributed by atoms with Gasteiger partial charge in [0.05, 0.1) is 11.6 Å². The van der Waals surface area contributed by atoms with E-state index in [1.54, 1.807) is 17.5 Å². The highest BCUT2D eigenvalue weighted by Crippen LogP contribution is 2.25. The van der Waals surface area contributed by atoms with Gasteiger partial charge < -0.3 is 10.1 Å². The van der Waals surface area contributed by atoms with Crippen LogP contribution in [0.3, 0.4) is 0 Å². The van der Waals surface area contributed by atoms with Gasteiger partial charge in [-0.1, -0.05) is 6.92 Å². The quantitative estimate of drug-likeness (QED) is 0.908. The zero-order valence-corrected chi connectivity index (χ0v) is 13.3. The topological polar surface area (TPSA) is 51.2 Å². The summed E-state index contributed by atoms with van der Waals surface area (Å²) >= 11 is 1.55. The monoisotopic (exact) mass is 296 g/mol.